The number of nitrogens with zero attached hydrogens (tertiary/aromatic N) is 1. The van der Waals surface area contributed by atoms with Crippen molar-refractivity contribution in [3.8, 4) is 16.2 Å². The predicted molar refractivity (Wildman–Crippen MR) is 110 cm³/mol. The van der Waals surface area contributed by atoms with Crippen LogP contribution >= 0.6 is 23.7 Å². The minimum absolute atomic E-state index is 0. The first-order valence-electron chi connectivity index (χ1n) is 8.79. The number of hydrogen-bond donors (Lipinski definition) is 1. The second kappa shape index (κ2) is 8.42. The topological polar surface area (TPSA) is 55.6 Å². The maximum Gasteiger partial charge on any atom is 0.267 e. The van der Waals surface area contributed by atoms with E-state index in [1.54, 1.807) is 0 Å². The third-order valence-electron chi connectivity index (χ3n) is 4.85. The molecule has 3 rings (SSSR count). The summed E-state index contributed by atoms with van der Waals surface area (Å²) < 4.78 is 5.76. The Balaban J connectivity index is 0.00000243. The van der Waals surface area contributed by atoms with Gasteiger partial charge in [-0.25, -0.2) is 0 Å². The van der Waals surface area contributed by atoms with E-state index in [4.69, 9.17) is 10.5 Å². The van der Waals surface area contributed by atoms with E-state index in [2.05, 4.69) is 26.0 Å². The number of benzene rings is 1. The third-order valence-corrected chi connectivity index (χ3v) is 6.00. The summed E-state index contributed by atoms with van der Waals surface area (Å²) in [6.45, 7) is 8.12. The van der Waals surface area contributed by atoms with Gasteiger partial charge in [0.05, 0.1) is 6.61 Å². The lowest BCUT2D eigenvalue weighted by atomic mass is 9.79. The molecule has 1 aromatic heterocycles. The lowest BCUT2D eigenvalue weighted by Crippen LogP contribution is -2.53. The van der Waals surface area contributed by atoms with Crippen LogP contribution in [0.25, 0.3) is 10.4 Å². The first-order chi connectivity index (χ1) is 11.9. The Morgan fingerprint density at radius 1 is 1.35 bits per heavy atom. The molecule has 1 atom stereocenters. The highest BCUT2D eigenvalue weighted by Crippen LogP contribution is 2.38. The van der Waals surface area contributed by atoms with Gasteiger partial charge in [0.15, 0.2) is 0 Å². The second-order valence-corrected chi connectivity index (χ2v) is 8.27. The van der Waals surface area contributed by atoms with E-state index in [0.717, 1.165) is 16.9 Å². The number of carbonyl (C=O) groups excluding carboxylic acids is 1. The Labute approximate surface area is 165 Å². The van der Waals surface area contributed by atoms with E-state index < -0.39 is 0 Å². The lowest BCUT2D eigenvalue weighted by molar-refractivity contribution is 0.0534. The van der Waals surface area contributed by atoms with Gasteiger partial charge >= 0.3 is 0 Å². The van der Waals surface area contributed by atoms with Crippen LogP contribution in [0.3, 0.4) is 0 Å². The first kappa shape index (κ1) is 20.7. The normalized spacial score (nSPS) is 18.9. The van der Waals surface area contributed by atoms with Crippen LogP contribution < -0.4 is 10.5 Å². The van der Waals surface area contributed by atoms with Crippen molar-refractivity contribution in [3.63, 3.8) is 0 Å². The van der Waals surface area contributed by atoms with Gasteiger partial charge in [-0.3, -0.25) is 4.79 Å². The van der Waals surface area contributed by atoms with Crippen molar-refractivity contribution in [1.29, 1.82) is 0 Å². The minimum Gasteiger partial charge on any atom is -0.492 e. The van der Waals surface area contributed by atoms with Gasteiger partial charge in [0.25, 0.3) is 5.91 Å². The summed E-state index contributed by atoms with van der Waals surface area (Å²) in [5.74, 6) is 0.736. The monoisotopic (exact) mass is 394 g/mol. The summed E-state index contributed by atoms with van der Waals surface area (Å²) in [5, 5.41) is 0. The molecule has 0 aliphatic carbocycles. The zero-order chi connectivity index (χ0) is 18.0. The molecule has 142 valence electrons. The van der Waals surface area contributed by atoms with Crippen LogP contribution in [0, 0.1) is 5.41 Å². The number of hydrogen-bond acceptors (Lipinski definition) is 4. The van der Waals surface area contributed by atoms with Crippen LogP contribution in [-0.4, -0.2) is 36.5 Å². The summed E-state index contributed by atoms with van der Waals surface area (Å²) in [4.78, 5) is 16.8. The molecule has 1 aromatic carbocycles. The number of nitrogens with two attached hydrogens (primary N) is 1. The third kappa shape index (κ3) is 4.22. The quantitative estimate of drug-likeness (QED) is 0.834. The number of rotatable bonds is 4. The Kier molecular flexibility index (Phi) is 6.72. The zero-order valence-corrected chi connectivity index (χ0v) is 17.2. The van der Waals surface area contributed by atoms with Gasteiger partial charge in [0.2, 0.25) is 0 Å². The maximum absolute atomic E-state index is 13.2. The van der Waals surface area contributed by atoms with Crippen molar-refractivity contribution in [2.45, 2.75) is 33.2 Å². The molecule has 2 heterocycles. The van der Waals surface area contributed by atoms with Crippen LogP contribution in [0.4, 0.5) is 0 Å². The SMILES string of the molecule is CCOc1cc(-c2ccccc2)sc1C(=O)N1CCC(N)C(C)(C)C1.Cl. The predicted octanol–water partition coefficient (Wildman–Crippen LogP) is 4.44. The average molecular weight is 395 g/mol. The summed E-state index contributed by atoms with van der Waals surface area (Å²) in [6, 6.07) is 12.2. The number of amides is 1. The van der Waals surface area contributed by atoms with Crippen LogP contribution in [0.5, 0.6) is 5.75 Å². The Morgan fingerprint density at radius 2 is 2.04 bits per heavy atom. The summed E-state index contributed by atoms with van der Waals surface area (Å²) in [7, 11) is 0. The number of carbonyl (C=O) groups is 1. The minimum atomic E-state index is -0.0702. The molecule has 1 aliphatic rings. The van der Waals surface area contributed by atoms with E-state index in [1.165, 1.54) is 11.3 Å². The molecule has 1 fully saturated rings. The fraction of sp³-hybridized carbons (Fsp3) is 0.450. The number of thiophene rings is 1. The van der Waals surface area contributed by atoms with Gasteiger partial charge < -0.3 is 15.4 Å². The summed E-state index contributed by atoms with van der Waals surface area (Å²) in [5.41, 5.74) is 7.25. The van der Waals surface area contributed by atoms with Crippen molar-refractivity contribution in [2.75, 3.05) is 19.7 Å². The molecule has 0 spiro atoms. The fourth-order valence-electron chi connectivity index (χ4n) is 3.22. The lowest BCUT2D eigenvalue weighted by Gasteiger charge is -2.42. The zero-order valence-electron chi connectivity index (χ0n) is 15.5. The highest BCUT2D eigenvalue weighted by atomic mass is 35.5. The number of likely N-dealkylation sites (tertiary alicyclic amines) is 1. The second-order valence-electron chi connectivity index (χ2n) is 7.21. The Morgan fingerprint density at radius 3 is 2.65 bits per heavy atom. The Hall–Kier alpha value is -1.56. The van der Waals surface area contributed by atoms with E-state index in [-0.39, 0.29) is 29.8 Å². The van der Waals surface area contributed by atoms with Gasteiger partial charge in [-0.2, -0.15) is 0 Å². The summed E-state index contributed by atoms with van der Waals surface area (Å²) in [6.07, 6.45) is 0.833. The fourth-order valence-corrected chi connectivity index (χ4v) is 4.30. The van der Waals surface area contributed by atoms with Crippen molar-refractivity contribution >= 4 is 29.7 Å². The molecule has 1 amide bonds. The van der Waals surface area contributed by atoms with Crippen molar-refractivity contribution in [3.05, 3.63) is 41.3 Å². The van der Waals surface area contributed by atoms with Crippen molar-refractivity contribution in [2.24, 2.45) is 11.1 Å². The van der Waals surface area contributed by atoms with Crippen LogP contribution in [0.1, 0.15) is 36.9 Å². The Bertz CT molecular complexity index is 746. The molecule has 0 radical (unpaired) electrons. The molecule has 4 nitrogen and oxygen atoms in total. The van der Waals surface area contributed by atoms with Crippen molar-refractivity contribution in [1.82, 2.24) is 4.90 Å². The molecule has 0 bridgehead atoms. The average Bonchev–Trinajstić information content (AvgIpc) is 3.02. The smallest absolute Gasteiger partial charge is 0.267 e. The van der Waals surface area contributed by atoms with Gasteiger partial charge in [-0.15, -0.1) is 23.7 Å². The largest absolute Gasteiger partial charge is 0.492 e. The molecular formula is C20H27ClN2O2S. The van der Waals surface area contributed by atoms with Crippen LogP contribution in [0.15, 0.2) is 36.4 Å². The van der Waals surface area contributed by atoms with E-state index in [9.17, 15) is 4.79 Å². The standard InChI is InChI=1S/C20H26N2O2S.ClH/c1-4-24-15-12-16(14-8-6-5-7-9-14)25-18(15)19(23)22-11-10-17(21)20(2,3)13-22;/h5-9,12,17H,4,10-11,13,21H2,1-3H3;1H. The molecule has 26 heavy (non-hydrogen) atoms. The van der Waals surface area contributed by atoms with Crippen LogP contribution in [-0.2, 0) is 0 Å². The number of halogens is 1. The van der Waals surface area contributed by atoms with Gasteiger partial charge in [-0.05, 0) is 30.4 Å². The molecule has 2 N–H and O–H groups in total. The molecule has 1 unspecified atom stereocenters. The molecule has 1 saturated heterocycles. The number of ether oxygens (including phenoxy) is 1. The maximum atomic E-state index is 13.2. The molecule has 6 heteroatoms. The van der Waals surface area contributed by atoms with Gasteiger partial charge in [0, 0.05) is 24.0 Å². The molecule has 1 aliphatic heterocycles. The van der Waals surface area contributed by atoms with E-state index >= 15 is 0 Å². The van der Waals surface area contributed by atoms with E-state index in [0.29, 0.717) is 30.3 Å². The summed E-state index contributed by atoms with van der Waals surface area (Å²) >= 11 is 1.51. The molecule has 0 saturated carbocycles. The van der Waals surface area contributed by atoms with E-state index in [1.807, 2.05) is 36.1 Å². The highest BCUT2D eigenvalue weighted by molar-refractivity contribution is 7.17. The van der Waals surface area contributed by atoms with Crippen molar-refractivity contribution < 1.29 is 9.53 Å². The molecule has 2 aromatic rings. The molecular weight excluding hydrogens is 368 g/mol. The van der Waals surface area contributed by atoms with Gasteiger partial charge in [-0.1, -0.05) is 44.2 Å². The first-order valence-corrected chi connectivity index (χ1v) is 9.61. The highest BCUT2D eigenvalue weighted by Gasteiger charge is 2.36. The van der Waals surface area contributed by atoms with Crippen LogP contribution in [0.2, 0.25) is 0 Å². The number of piperidine rings is 1. The van der Waals surface area contributed by atoms with Gasteiger partial charge in [0.1, 0.15) is 10.6 Å².